The fraction of sp³-hybridized carbons (Fsp3) is 0.351. The number of likely N-dealkylation sites (tertiary alicyclic amines) is 2. The lowest BCUT2D eigenvalue weighted by atomic mass is 9.93. The zero-order valence-corrected chi connectivity index (χ0v) is 30.9. The Hall–Kier alpha value is -6.24. The summed E-state index contributed by atoms with van der Waals surface area (Å²) in [7, 11) is 5.00. The van der Waals surface area contributed by atoms with Gasteiger partial charge in [-0.2, -0.15) is 5.10 Å². The number of aliphatic imine (C=N–C) groups is 1. The molecule has 2 fully saturated rings. The number of pyridine rings is 1. The first-order valence-electron chi connectivity index (χ1n) is 17.9. The SMILES string of the molecule is CN=C/C=C(\N)C(=O)Nc1cc(Nc2cccc3c2N(C)C(C)c2c-3cnn2C2CN(C(O)(O)c3cccc(C(=O)N4CCCC4)n3)C2)c(C(=O)NC)nn1. The number of para-hydroxylation sites is 1. The van der Waals surface area contributed by atoms with Crippen LogP contribution in [0.25, 0.3) is 11.1 Å². The van der Waals surface area contributed by atoms with Gasteiger partial charge in [0.1, 0.15) is 11.4 Å². The van der Waals surface area contributed by atoms with E-state index in [2.05, 4.69) is 47.9 Å². The van der Waals surface area contributed by atoms with Gasteiger partial charge < -0.3 is 41.7 Å². The monoisotopic (exact) mass is 749 g/mol. The third-order valence-corrected chi connectivity index (χ3v) is 10.3. The van der Waals surface area contributed by atoms with Gasteiger partial charge in [-0.1, -0.05) is 18.2 Å². The Bertz CT molecular complexity index is 2200. The third kappa shape index (κ3) is 6.86. The molecule has 286 valence electrons. The maximum atomic E-state index is 13.0. The van der Waals surface area contributed by atoms with Crippen LogP contribution < -0.4 is 26.6 Å². The maximum absolute atomic E-state index is 13.0. The molecule has 2 saturated heterocycles. The quantitative estimate of drug-likeness (QED) is 0.0772. The molecule has 55 heavy (non-hydrogen) atoms. The highest BCUT2D eigenvalue weighted by molar-refractivity contribution is 6.06. The number of hydrogen-bond acceptors (Lipinski definition) is 14. The van der Waals surface area contributed by atoms with Crippen molar-refractivity contribution in [3.8, 4) is 11.1 Å². The molecule has 0 bridgehead atoms. The van der Waals surface area contributed by atoms with Gasteiger partial charge in [-0.25, -0.2) is 9.88 Å². The predicted molar refractivity (Wildman–Crippen MR) is 205 cm³/mol. The summed E-state index contributed by atoms with van der Waals surface area (Å²) in [4.78, 5) is 51.9. The Balaban J connectivity index is 1.13. The lowest BCUT2D eigenvalue weighted by Crippen LogP contribution is -2.59. The van der Waals surface area contributed by atoms with E-state index in [1.165, 1.54) is 36.4 Å². The summed E-state index contributed by atoms with van der Waals surface area (Å²) in [6, 6.07) is 11.6. The van der Waals surface area contributed by atoms with Crippen molar-refractivity contribution in [2.45, 2.75) is 37.8 Å². The Kier molecular flexibility index (Phi) is 10.0. The van der Waals surface area contributed by atoms with Crippen LogP contribution in [0.1, 0.15) is 64.2 Å². The van der Waals surface area contributed by atoms with Crippen molar-refractivity contribution in [2.75, 3.05) is 62.9 Å². The molecule has 1 atom stereocenters. The number of nitrogens with two attached hydrogens (primary N) is 1. The molecule has 1 aromatic carbocycles. The third-order valence-electron chi connectivity index (χ3n) is 10.3. The summed E-state index contributed by atoms with van der Waals surface area (Å²) >= 11 is 0. The second-order valence-electron chi connectivity index (χ2n) is 13.7. The number of nitrogens with zero attached hydrogens (tertiary/aromatic N) is 9. The van der Waals surface area contributed by atoms with E-state index in [1.807, 2.05) is 36.1 Å². The minimum Gasteiger partial charge on any atom is -0.394 e. The number of carbonyl (C=O) groups excluding carboxylic acids is 3. The number of fused-ring (bicyclic) bond motifs is 3. The summed E-state index contributed by atoms with van der Waals surface area (Å²) < 4.78 is 1.94. The number of carbonyl (C=O) groups is 3. The van der Waals surface area contributed by atoms with Crippen molar-refractivity contribution in [1.82, 2.24) is 40.1 Å². The van der Waals surface area contributed by atoms with Crippen molar-refractivity contribution < 1.29 is 24.6 Å². The zero-order valence-electron chi connectivity index (χ0n) is 30.9. The molecule has 0 saturated carbocycles. The van der Waals surface area contributed by atoms with Crippen LogP contribution in [0.15, 0.2) is 65.4 Å². The summed E-state index contributed by atoms with van der Waals surface area (Å²) in [5.41, 5.74) is 10.5. The highest BCUT2D eigenvalue weighted by atomic mass is 16.5. The first-order chi connectivity index (χ1) is 26.4. The lowest BCUT2D eigenvalue weighted by Gasteiger charge is -2.47. The fourth-order valence-corrected chi connectivity index (χ4v) is 7.15. The molecule has 0 spiro atoms. The largest absolute Gasteiger partial charge is 0.394 e. The Morgan fingerprint density at radius 3 is 2.51 bits per heavy atom. The molecule has 18 heteroatoms. The van der Waals surface area contributed by atoms with Gasteiger partial charge in [0.15, 0.2) is 11.5 Å². The Morgan fingerprint density at radius 2 is 1.78 bits per heavy atom. The van der Waals surface area contributed by atoms with Crippen LogP contribution in [-0.2, 0) is 10.7 Å². The minimum absolute atomic E-state index is 0.0121. The molecule has 18 nitrogen and oxygen atoms in total. The van der Waals surface area contributed by atoms with E-state index in [9.17, 15) is 24.6 Å². The average molecular weight is 750 g/mol. The molecule has 3 aromatic heterocycles. The number of allylic oxidation sites excluding steroid dienone is 1. The van der Waals surface area contributed by atoms with E-state index in [0.29, 0.717) is 24.5 Å². The standard InChI is InChI=1S/C37H43N13O5/c1-21-32-24(18-41-50(32)22-19-49(20-22)37(54,55)29-12-8-11-27(43-29)36(53)48-15-5-6-16-48)23-9-7-10-26(33(23)47(21)4)42-28-17-30(45-46-31(28)35(52)40-3)44-34(51)25(38)13-14-39-2/h7-14,17-18,21-22,54-55H,5-6,15-16,19-20,38H2,1-4H3,(H,40,52)(H2,42,44,45,51)/b25-13-,39-14?. The van der Waals surface area contributed by atoms with E-state index in [0.717, 1.165) is 35.3 Å². The van der Waals surface area contributed by atoms with Crippen molar-refractivity contribution >= 4 is 46.8 Å². The van der Waals surface area contributed by atoms with E-state index in [-0.39, 0.29) is 59.7 Å². The summed E-state index contributed by atoms with van der Waals surface area (Å²) in [6.07, 6.45) is 6.44. The van der Waals surface area contributed by atoms with Crippen LogP contribution in [0.5, 0.6) is 0 Å². The van der Waals surface area contributed by atoms with Crippen LogP contribution in [0.3, 0.4) is 0 Å². The van der Waals surface area contributed by atoms with E-state index < -0.39 is 17.7 Å². The van der Waals surface area contributed by atoms with Crippen LogP contribution in [-0.4, -0.2) is 116 Å². The van der Waals surface area contributed by atoms with Crippen LogP contribution in [0, 0.1) is 0 Å². The molecule has 6 heterocycles. The molecule has 0 aliphatic carbocycles. The molecule has 3 aliphatic heterocycles. The van der Waals surface area contributed by atoms with Gasteiger partial charge in [-0.05, 0) is 44.0 Å². The lowest BCUT2D eigenvalue weighted by molar-refractivity contribution is -0.302. The topological polar surface area (TPSA) is 232 Å². The highest BCUT2D eigenvalue weighted by Gasteiger charge is 2.46. The van der Waals surface area contributed by atoms with Gasteiger partial charge in [0.05, 0.1) is 46.7 Å². The summed E-state index contributed by atoms with van der Waals surface area (Å²) in [6.45, 7) is 3.95. The van der Waals surface area contributed by atoms with Crippen molar-refractivity contribution in [3.05, 3.63) is 83.2 Å². The van der Waals surface area contributed by atoms with Gasteiger partial charge >= 0.3 is 0 Å². The Morgan fingerprint density at radius 1 is 1.04 bits per heavy atom. The maximum Gasteiger partial charge on any atom is 0.273 e. The molecule has 7 rings (SSSR count). The molecular weight excluding hydrogens is 706 g/mol. The van der Waals surface area contributed by atoms with Gasteiger partial charge in [0.2, 0.25) is 0 Å². The van der Waals surface area contributed by atoms with Crippen molar-refractivity contribution in [3.63, 3.8) is 0 Å². The van der Waals surface area contributed by atoms with Crippen molar-refractivity contribution in [1.29, 1.82) is 0 Å². The molecule has 7 N–H and O–H groups in total. The van der Waals surface area contributed by atoms with Gasteiger partial charge in [-0.3, -0.25) is 24.1 Å². The van der Waals surface area contributed by atoms with Crippen LogP contribution >= 0.6 is 0 Å². The van der Waals surface area contributed by atoms with Gasteiger partial charge in [-0.15, -0.1) is 10.2 Å². The predicted octanol–water partition coefficient (Wildman–Crippen LogP) is 1.72. The second-order valence-corrected chi connectivity index (χ2v) is 13.7. The number of hydrogen-bond donors (Lipinski definition) is 6. The summed E-state index contributed by atoms with van der Waals surface area (Å²) in [5, 5.41) is 44.0. The second kappa shape index (κ2) is 14.9. The molecular formula is C37H43N13O5. The van der Waals surface area contributed by atoms with Crippen LogP contribution in [0.4, 0.5) is 22.9 Å². The molecule has 4 aromatic rings. The first-order valence-corrected chi connectivity index (χ1v) is 17.9. The molecule has 0 radical (unpaired) electrons. The molecule has 3 aliphatic rings. The number of amides is 3. The van der Waals surface area contributed by atoms with Gasteiger partial charge in [0, 0.05) is 70.7 Å². The molecule has 1 unspecified atom stereocenters. The average Bonchev–Trinajstić information content (AvgIpc) is 3.87. The van der Waals surface area contributed by atoms with E-state index >= 15 is 0 Å². The number of aromatic nitrogens is 5. The number of rotatable bonds is 10. The summed E-state index contributed by atoms with van der Waals surface area (Å²) in [5.74, 6) is -3.62. The van der Waals surface area contributed by atoms with Crippen LogP contribution in [0.2, 0.25) is 0 Å². The number of benzene rings is 1. The molecule has 3 amide bonds. The van der Waals surface area contributed by atoms with Crippen molar-refractivity contribution in [2.24, 2.45) is 10.7 Å². The smallest absolute Gasteiger partial charge is 0.273 e. The number of nitrogens with one attached hydrogen (secondary N) is 3. The number of aliphatic hydroxyl groups is 2. The fourth-order valence-electron chi connectivity index (χ4n) is 7.15. The van der Waals surface area contributed by atoms with E-state index in [1.54, 1.807) is 24.1 Å². The minimum atomic E-state index is -2.38. The highest BCUT2D eigenvalue weighted by Crippen LogP contribution is 2.49. The van der Waals surface area contributed by atoms with E-state index in [4.69, 9.17) is 10.8 Å². The normalized spacial score (nSPS) is 17.5. The Labute approximate surface area is 316 Å². The zero-order chi connectivity index (χ0) is 39.0. The first kappa shape index (κ1) is 37.1. The van der Waals surface area contributed by atoms with Gasteiger partial charge in [0.25, 0.3) is 23.6 Å². The number of anilines is 4.